The number of ether oxygens (including phenoxy) is 2. The van der Waals surface area contributed by atoms with E-state index in [1.54, 1.807) is 0 Å². The first-order valence-corrected chi connectivity index (χ1v) is 14.9. The van der Waals surface area contributed by atoms with E-state index in [0.29, 0.717) is 43.4 Å². The summed E-state index contributed by atoms with van der Waals surface area (Å²) in [5.41, 5.74) is 1.06. The van der Waals surface area contributed by atoms with Gasteiger partial charge in [0.1, 0.15) is 22.6 Å². The van der Waals surface area contributed by atoms with Crippen LogP contribution in [0.15, 0.2) is 102 Å². The van der Waals surface area contributed by atoms with Crippen molar-refractivity contribution in [3.05, 3.63) is 119 Å². The minimum absolute atomic E-state index is 0.0858. The first-order valence-electron chi connectivity index (χ1n) is 14.9. The van der Waals surface area contributed by atoms with Crippen LogP contribution in [0.3, 0.4) is 0 Å². The minimum Gasteiger partial charge on any atom is -0.465 e. The average Bonchev–Trinajstić information content (AvgIpc) is 3.24. The van der Waals surface area contributed by atoms with Gasteiger partial charge in [0.15, 0.2) is 5.78 Å². The highest BCUT2D eigenvalue weighted by atomic mass is 16.7. The summed E-state index contributed by atoms with van der Waals surface area (Å²) >= 11 is 0. The van der Waals surface area contributed by atoms with Crippen molar-refractivity contribution in [2.24, 2.45) is 16.2 Å². The monoisotopic (exact) mass is 546 g/mol. The number of carbonyl (C=O) groups is 2. The summed E-state index contributed by atoms with van der Waals surface area (Å²) in [6, 6.07) is 30.7. The summed E-state index contributed by atoms with van der Waals surface area (Å²) in [7, 11) is 0. The van der Waals surface area contributed by atoms with E-state index in [-0.39, 0.29) is 22.4 Å². The molecule has 2 heterocycles. The van der Waals surface area contributed by atoms with E-state index in [2.05, 4.69) is 64.1 Å². The van der Waals surface area contributed by atoms with Crippen LogP contribution in [-0.2, 0) is 24.7 Å². The van der Waals surface area contributed by atoms with Gasteiger partial charge in [-0.15, -0.1) is 0 Å². The standard InChI is InChI=1S/C37H38O4/c1-33(2)20-28(38)31-29(21-33)40-37-23-34(3,4)22-30(39)35(37,32(31)25-14-8-5-9-15-25)24-36(41-37,26-16-10-6-11-17-26)27-18-12-7-13-19-27/h5-19,32H,20-24H2,1-4H3. The van der Waals surface area contributed by atoms with Crippen LogP contribution in [0.2, 0.25) is 0 Å². The van der Waals surface area contributed by atoms with Gasteiger partial charge < -0.3 is 9.47 Å². The molecule has 1 saturated carbocycles. The Hall–Kier alpha value is -3.50. The Kier molecular flexibility index (Phi) is 5.64. The topological polar surface area (TPSA) is 52.6 Å². The number of hydrogen-bond donors (Lipinski definition) is 0. The van der Waals surface area contributed by atoms with E-state index in [1.807, 2.05) is 54.6 Å². The van der Waals surface area contributed by atoms with Gasteiger partial charge in [0.2, 0.25) is 5.79 Å². The Morgan fingerprint density at radius 2 is 1.22 bits per heavy atom. The molecule has 7 rings (SSSR count). The molecule has 2 aliphatic heterocycles. The molecule has 3 unspecified atom stereocenters. The van der Waals surface area contributed by atoms with Crippen molar-refractivity contribution in [1.82, 2.24) is 0 Å². The van der Waals surface area contributed by atoms with Crippen molar-refractivity contribution in [3.63, 3.8) is 0 Å². The second-order valence-corrected chi connectivity index (χ2v) is 14.2. The van der Waals surface area contributed by atoms with Gasteiger partial charge in [-0.25, -0.2) is 0 Å². The van der Waals surface area contributed by atoms with Crippen molar-refractivity contribution in [2.45, 2.75) is 77.1 Å². The summed E-state index contributed by atoms with van der Waals surface area (Å²) in [6.07, 6.45) is 2.44. The Morgan fingerprint density at radius 1 is 0.659 bits per heavy atom. The molecule has 210 valence electrons. The Balaban J connectivity index is 1.57. The van der Waals surface area contributed by atoms with Gasteiger partial charge in [-0.1, -0.05) is 119 Å². The third-order valence-corrected chi connectivity index (χ3v) is 9.96. The second-order valence-electron chi connectivity index (χ2n) is 14.2. The first kappa shape index (κ1) is 26.4. The van der Waals surface area contributed by atoms with Gasteiger partial charge in [0.25, 0.3) is 0 Å². The molecule has 0 bridgehead atoms. The largest absolute Gasteiger partial charge is 0.465 e. The maximum atomic E-state index is 15.0. The number of Topliss-reactive ketones (excluding diaryl/α,β-unsaturated/α-hetero) is 2. The summed E-state index contributed by atoms with van der Waals surface area (Å²) in [6.45, 7) is 8.52. The molecule has 2 fully saturated rings. The van der Waals surface area contributed by atoms with Crippen LogP contribution in [0.25, 0.3) is 0 Å². The lowest BCUT2D eigenvalue weighted by molar-refractivity contribution is -0.294. The number of rotatable bonds is 3. The van der Waals surface area contributed by atoms with Gasteiger partial charge >= 0.3 is 0 Å². The van der Waals surface area contributed by atoms with Crippen LogP contribution in [0.5, 0.6) is 0 Å². The van der Waals surface area contributed by atoms with E-state index in [1.165, 1.54) is 0 Å². The highest BCUT2D eigenvalue weighted by Gasteiger charge is 2.78. The van der Waals surface area contributed by atoms with E-state index in [9.17, 15) is 9.59 Å². The number of benzene rings is 3. The molecule has 41 heavy (non-hydrogen) atoms. The van der Waals surface area contributed by atoms with Crippen LogP contribution < -0.4 is 0 Å². The third kappa shape index (κ3) is 3.76. The van der Waals surface area contributed by atoms with E-state index < -0.39 is 22.7 Å². The molecule has 0 radical (unpaired) electrons. The molecule has 0 spiro atoms. The van der Waals surface area contributed by atoms with Crippen molar-refractivity contribution in [3.8, 4) is 0 Å². The zero-order chi connectivity index (χ0) is 28.7. The maximum absolute atomic E-state index is 15.0. The van der Waals surface area contributed by atoms with Crippen LogP contribution in [-0.4, -0.2) is 17.4 Å². The number of ketones is 2. The number of hydrogen-bond acceptors (Lipinski definition) is 4. The zero-order valence-electron chi connectivity index (χ0n) is 24.4. The van der Waals surface area contributed by atoms with Crippen LogP contribution in [0.4, 0.5) is 0 Å². The molecule has 3 aromatic rings. The van der Waals surface area contributed by atoms with Crippen molar-refractivity contribution in [2.75, 3.05) is 0 Å². The predicted octanol–water partition coefficient (Wildman–Crippen LogP) is 7.88. The molecule has 0 amide bonds. The Morgan fingerprint density at radius 3 is 1.80 bits per heavy atom. The maximum Gasteiger partial charge on any atom is 0.225 e. The predicted molar refractivity (Wildman–Crippen MR) is 158 cm³/mol. The smallest absolute Gasteiger partial charge is 0.225 e. The molecule has 1 saturated heterocycles. The molecular formula is C37H38O4. The lowest BCUT2D eigenvalue weighted by Crippen LogP contribution is -2.64. The summed E-state index contributed by atoms with van der Waals surface area (Å²) in [5.74, 6) is -0.764. The van der Waals surface area contributed by atoms with E-state index in [0.717, 1.165) is 16.7 Å². The Bertz CT molecular complexity index is 1510. The lowest BCUT2D eigenvalue weighted by atomic mass is 9.49. The molecule has 4 heteroatoms. The first-order chi connectivity index (χ1) is 19.5. The lowest BCUT2D eigenvalue weighted by Gasteiger charge is -2.58. The van der Waals surface area contributed by atoms with Gasteiger partial charge in [0.05, 0.1) is 0 Å². The van der Waals surface area contributed by atoms with Crippen molar-refractivity contribution in [1.29, 1.82) is 0 Å². The van der Waals surface area contributed by atoms with Crippen LogP contribution >= 0.6 is 0 Å². The second kappa shape index (κ2) is 8.75. The minimum atomic E-state index is -1.23. The van der Waals surface area contributed by atoms with E-state index in [4.69, 9.17) is 9.47 Å². The Labute approximate surface area is 242 Å². The molecule has 0 aromatic heterocycles. The summed E-state index contributed by atoms with van der Waals surface area (Å²) in [4.78, 5) is 29.1. The molecule has 3 aromatic carbocycles. The molecule has 0 N–H and O–H groups in total. The molecule has 4 nitrogen and oxygen atoms in total. The number of carbonyl (C=O) groups excluding carboxylic acids is 2. The zero-order valence-corrected chi connectivity index (χ0v) is 24.4. The quantitative estimate of drug-likeness (QED) is 0.335. The SMILES string of the molecule is CC1(C)CC(=O)C2=C(C1)OC13CC(C)(C)CC(=O)C1(CC(c1ccccc1)(c1ccccc1)O3)C2c1ccccc1. The van der Waals surface area contributed by atoms with Crippen LogP contribution in [0.1, 0.15) is 82.4 Å². The van der Waals surface area contributed by atoms with E-state index >= 15 is 0 Å². The van der Waals surface area contributed by atoms with Gasteiger partial charge in [-0.05, 0) is 27.5 Å². The van der Waals surface area contributed by atoms with Gasteiger partial charge in [-0.3, -0.25) is 9.59 Å². The highest BCUT2D eigenvalue weighted by Crippen LogP contribution is 2.73. The molecule has 4 aliphatic rings. The fourth-order valence-electron chi connectivity index (χ4n) is 8.49. The summed E-state index contributed by atoms with van der Waals surface area (Å²) < 4.78 is 14.7. The number of allylic oxidation sites excluding steroid dienone is 2. The average molecular weight is 547 g/mol. The molecule has 3 atom stereocenters. The van der Waals surface area contributed by atoms with Crippen LogP contribution in [0, 0.1) is 16.2 Å². The normalized spacial score (nSPS) is 31.1. The van der Waals surface area contributed by atoms with Gasteiger partial charge in [-0.2, -0.15) is 0 Å². The van der Waals surface area contributed by atoms with Crippen molar-refractivity contribution < 1.29 is 19.1 Å². The summed E-state index contributed by atoms with van der Waals surface area (Å²) in [5, 5.41) is 0. The molecular weight excluding hydrogens is 508 g/mol. The highest BCUT2D eigenvalue weighted by molar-refractivity contribution is 6.02. The van der Waals surface area contributed by atoms with Gasteiger partial charge in [0, 0.05) is 43.6 Å². The third-order valence-electron chi connectivity index (χ3n) is 9.96. The fraction of sp³-hybridized carbons (Fsp3) is 0.405. The fourth-order valence-corrected chi connectivity index (χ4v) is 8.49. The van der Waals surface area contributed by atoms with Crippen molar-refractivity contribution >= 4 is 11.6 Å². The molecule has 2 aliphatic carbocycles.